The van der Waals surface area contributed by atoms with Crippen molar-refractivity contribution in [1.29, 1.82) is 0 Å². The highest BCUT2D eigenvalue weighted by atomic mass is 16.2. The van der Waals surface area contributed by atoms with E-state index in [2.05, 4.69) is 53.2 Å². The van der Waals surface area contributed by atoms with Crippen molar-refractivity contribution in [3.63, 3.8) is 0 Å². The van der Waals surface area contributed by atoms with Crippen molar-refractivity contribution in [2.75, 3.05) is 36.4 Å². The molecule has 4 heteroatoms. The molecule has 1 amide bonds. The molecule has 0 saturated carbocycles. The predicted octanol–water partition coefficient (Wildman–Crippen LogP) is 3.76. The van der Waals surface area contributed by atoms with E-state index < -0.39 is 0 Å². The van der Waals surface area contributed by atoms with Crippen molar-refractivity contribution in [3.8, 4) is 0 Å². The third kappa shape index (κ3) is 4.25. The van der Waals surface area contributed by atoms with Crippen LogP contribution in [0.15, 0.2) is 42.5 Å². The second-order valence-corrected chi connectivity index (χ2v) is 7.43. The molecule has 0 radical (unpaired) electrons. The number of piperazine rings is 1. The van der Waals surface area contributed by atoms with Crippen LogP contribution < -0.4 is 10.2 Å². The topological polar surface area (TPSA) is 35.6 Å². The molecule has 138 valence electrons. The van der Waals surface area contributed by atoms with E-state index in [9.17, 15) is 4.79 Å². The number of benzene rings is 2. The maximum absolute atomic E-state index is 12.5. The molecule has 0 aliphatic carbocycles. The average Bonchev–Trinajstić information content (AvgIpc) is 2.59. The number of amides is 1. The minimum atomic E-state index is 0.0679. The summed E-state index contributed by atoms with van der Waals surface area (Å²) in [5.41, 5.74) is 5.71. The lowest BCUT2D eigenvalue weighted by molar-refractivity contribution is -0.117. The molecule has 1 heterocycles. The number of aryl methyl sites for hydroxylation is 3. The third-order valence-electron chi connectivity index (χ3n) is 5.19. The highest BCUT2D eigenvalue weighted by Gasteiger charge is 2.25. The fourth-order valence-electron chi connectivity index (χ4n) is 3.69. The van der Waals surface area contributed by atoms with Gasteiger partial charge in [0.1, 0.15) is 0 Å². The lowest BCUT2D eigenvalue weighted by Gasteiger charge is -2.41. The van der Waals surface area contributed by atoms with Gasteiger partial charge in [-0.15, -0.1) is 0 Å². The summed E-state index contributed by atoms with van der Waals surface area (Å²) in [5, 5.41) is 3.10. The maximum Gasteiger partial charge on any atom is 0.238 e. The van der Waals surface area contributed by atoms with Crippen LogP contribution in [-0.4, -0.2) is 43.0 Å². The number of nitrogens with one attached hydrogen (secondary N) is 1. The Morgan fingerprint density at radius 1 is 1.04 bits per heavy atom. The quantitative estimate of drug-likeness (QED) is 0.911. The predicted molar refractivity (Wildman–Crippen MR) is 109 cm³/mol. The van der Waals surface area contributed by atoms with Crippen LogP contribution in [0.1, 0.15) is 23.6 Å². The van der Waals surface area contributed by atoms with E-state index in [-0.39, 0.29) is 5.91 Å². The van der Waals surface area contributed by atoms with Gasteiger partial charge in [0.2, 0.25) is 5.91 Å². The van der Waals surface area contributed by atoms with E-state index in [0.29, 0.717) is 12.6 Å². The summed E-state index contributed by atoms with van der Waals surface area (Å²) >= 11 is 0. The number of hydrogen-bond acceptors (Lipinski definition) is 3. The van der Waals surface area contributed by atoms with Crippen molar-refractivity contribution in [1.82, 2.24) is 4.90 Å². The first-order chi connectivity index (χ1) is 12.4. The molecule has 1 fully saturated rings. The SMILES string of the molecule is Cc1ccc(N2CCN(CC(=O)Nc3c(C)cccc3C)CC2C)cc1. The molecule has 1 atom stereocenters. The highest BCUT2D eigenvalue weighted by Crippen LogP contribution is 2.22. The molecule has 1 aliphatic rings. The molecule has 0 spiro atoms. The van der Waals surface area contributed by atoms with Crippen LogP contribution in [-0.2, 0) is 4.79 Å². The molecule has 4 nitrogen and oxygen atoms in total. The second kappa shape index (κ2) is 7.92. The normalized spacial score (nSPS) is 18.0. The molecule has 2 aromatic carbocycles. The maximum atomic E-state index is 12.5. The van der Waals surface area contributed by atoms with Crippen molar-refractivity contribution in [3.05, 3.63) is 59.2 Å². The van der Waals surface area contributed by atoms with Crippen LogP contribution in [0.25, 0.3) is 0 Å². The summed E-state index contributed by atoms with van der Waals surface area (Å²) in [5.74, 6) is 0.0679. The monoisotopic (exact) mass is 351 g/mol. The smallest absolute Gasteiger partial charge is 0.238 e. The number of carbonyl (C=O) groups is 1. The number of rotatable bonds is 4. The summed E-state index contributed by atoms with van der Waals surface area (Å²) in [6.07, 6.45) is 0. The molecule has 1 saturated heterocycles. The van der Waals surface area contributed by atoms with E-state index >= 15 is 0 Å². The van der Waals surface area contributed by atoms with Gasteiger partial charge in [-0.05, 0) is 51.0 Å². The second-order valence-electron chi connectivity index (χ2n) is 7.43. The minimum absolute atomic E-state index is 0.0679. The highest BCUT2D eigenvalue weighted by molar-refractivity contribution is 5.93. The fraction of sp³-hybridized carbons (Fsp3) is 0.409. The van der Waals surface area contributed by atoms with Gasteiger partial charge in [0, 0.05) is 37.1 Å². The minimum Gasteiger partial charge on any atom is -0.366 e. The van der Waals surface area contributed by atoms with Crippen LogP contribution >= 0.6 is 0 Å². The lowest BCUT2D eigenvalue weighted by Crippen LogP contribution is -2.53. The molecule has 26 heavy (non-hydrogen) atoms. The molecule has 1 N–H and O–H groups in total. The van der Waals surface area contributed by atoms with Crippen LogP contribution in [0, 0.1) is 20.8 Å². The Balaban J connectivity index is 1.57. The van der Waals surface area contributed by atoms with Gasteiger partial charge < -0.3 is 10.2 Å². The Kier molecular flexibility index (Phi) is 5.62. The van der Waals surface area contributed by atoms with Crippen LogP contribution in [0.4, 0.5) is 11.4 Å². The van der Waals surface area contributed by atoms with Gasteiger partial charge in [-0.3, -0.25) is 9.69 Å². The van der Waals surface area contributed by atoms with E-state index in [0.717, 1.165) is 36.4 Å². The van der Waals surface area contributed by atoms with Gasteiger partial charge in [-0.2, -0.15) is 0 Å². The molecule has 0 bridgehead atoms. The van der Waals surface area contributed by atoms with Crippen molar-refractivity contribution in [2.45, 2.75) is 33.7 Å². The summed E-state index contributed by atoms with van der Waals surface area (Å²) in [6.45, 7) is 11.6. The first-order valence-corrected chi connectivity index (χ1v) is 9.36. The Labute approximate surface area is 156 Å². The van der Waals surface area contributed by atoms with Gasteiger partial charge in [-0.1, -0.05) is 35.9 Å². The van der Waals surface area contributed by atoms with Gasteiger partial charge in [0.25, 0.3) is 0 Å². The lowest BCUT2D eigenvalue weighted by atomic mass is 10.1. The number of carbonyl (C=O) groups excluding carboxylic acids is 1. The summed E-state index contributed by atoms with van der Waals surface area (Å²) in [4.78, 5) is 17.2. The Morgan fingerprint density at radius 3 is 2.31 bits per heavy atom. The van der Waals surface area contributed by atoms with Gasteiger partial charge in [-0.25, -0.2) is 0 Å². The van der Waals surface area contributed by atoms with Crippen molar-refractivity contribution >= 4 is 17.3 Å². The van der Waals surface area contributed by atoms with E-state index in [1.807, 2.05) is 32.0 Å². The van der Waals surface area contributed by atoms with E-state index in [1.165, 1.54) is 11.3 Å². The summed E-state index contributed by atoms with van der Waals surface area (Å²) in [6, 6.07) is 15.2. The van der Waals surface area contributed by atoms with Gasteiger partial charge >= 0.3 is 0 Å². The van der Waals surface area contributed by atoms with Crippen molar-refractivity contribution in [2.24, 2.45) is 0 Å². The molecular weight excluding hydrogens is 322 g/mol. The first kappa shape index (κ1) is 18.5. The average molecular weight is 351 g/mol. The zero-order valence-corrected chi connectivity index (χ0v) is 16.2. The Morgan fingerprint density at radius 2 is 1.69 bits per heavy atom. The standard InChI is InChI=1S/C22H29N3O/c1-16-8-10-20(11-9-16)25-13-12-24(14-19(25)4)15-21(26)23-22-17(2)6-5-7-18(22)3/h5-11,19H,12-15H2,1-4H3,(H,23,26). The van der Waals surface area contributed by atoms with Crippen molar-refractivity contribution < 1.29 is 4.79 Å². The number of para-hydroxylation sites is 1. The van der Waals surface area contributed by atoms with Gasteiger partial charge in [0.05, 0.1) is 6.54 Å². The summed E-state index contributed by atoms with van der Waals surface area (Å²) in [7, 11) is 0. The van der Waals surface area contributed by atoms with Crippen LogP contribution in [0.2, 0.25) is 0 Å². The largest absolute Gasteiger partial charge is 0.366 e. The third-order valence-corrected chi connectivity index (χ3v) is 5.19. The first-order valence-electron chi connectivity index (χ1n) is 9.36. The molecular formula is C22H29N3O. The Hall–Kier alpha value is -2.33. The van der Waals surface area contributed by atoms with Crippen LogP contribution in [0.5, 0.6) is 0 Å². The fourth-order valence-corrected chi connectivity index (χ4v) is 3.69. The van der Waals surface area contributed by atoms with Gasteiger partial charge in [0.15, 0.2) is 0 Å². The Bertz CT molecular complexity index is 749. The number of nitrogens with zero attached hydrogens (tertiary/aromatic N) is 2. The zero-order chi connectivity index (χ0) is 18.7. The molecule has 0 aromatic heterocycles. The molecule has 1 unspecified atom stereocenters. The number of hydrogen-bond donors (Lipinski definition) is 1. The molecule has 1 aliphatic heterocycles. The summed E-state index contributed by atoms with van der Waals surface area (Å²) < 4.78 is 0. The zero-order valence-electron chi connectivity index (χ0n) is 16.2. The van der Waals surface area contributed by atoms with E-state index in [1.54, 1.807) is 0 Å². The molecule has 2 aromatic rings. The van der Waals surface area contributed by atoms with Crippen LogP contribution in [0.3, 0.4) is 0 Å². The number of anilines is 2. The molecule has 3 rings (SSSR count). The van der Waals surface area contributed by atoms with E-state index in [4.69, 9.17) is 0 Å².